The number of carbonyl (C=O) groups is 1. The van der Waals surface area contributed by atoms with Gasteiger partial charge in [0.15, 0.2) is 0 Å². The van der Waals surface area contributed by atoms with Crippen LogP contribution in [0.25, 0.3) is 0 Å². The number of hydrogen-bond acceptors (Lipinski definition) is 4. The van der Waals surface area contributed by atoms with E-state index in [1.54, 1.807) is 0 Å². The Morgan fingerprint density at radius 2 is 1.93 bits per heavy atom. The van der Waals surface area contributed by atoms with Crippen LogP contribution >= 0.6 is 0 Å². The second kappa shape index (κ2) is 9.13. The lowest BCUT2D eigenvalue weighted by molar-refractivity contribution is -0.0236. The highest BCUT2D eigenvalue weighted by Gasteiger charge is 2.25. The number of fused-ring (bicyclic) bond motifs is 1. The van der Waals surface area contributed by atoms with Crippen LogP contribution in [-0.2, 0) is 24.0 Å². The number of aromatic nitrogens is 2. The van der Waals surface area contributed by atoms with Gasteiger partial charge in [0.05, 0.1) is 17.9 Å². The van der Waals surface area contributed by atoms with Crippen LogP contribution in [0.1, 0.15) is 72.3 Å². The van der Waals surface area contributed by atoms with Crippen molar-refractivity contribution in [1.29, 1.82) is 0 Å². The number of amides is 1. The van der Waals surface area contributed by atoms with Gasteiger partial charge in [-0.25, -0.2) is 5.10 Å². The van der Waals surface area contributed by atoms with Crippen LogP contribution in [0.2, 0.25) is 0 Å². The Morgan fingerprint density at radius 3 is 2.67 bits per heavy atom. The van der Waals surface area contributed by atoms with Gasteiger partial charge in [0.25, 0.3) is 11.5 Å². The SMILES string of the molecule is CC(C)OC1CCN(C(=O)c2cccc(Cc3n[nH]c(=O)c4c3CCCC4)c2)CC1. The van der Waals surface area contributed by atoms with Gasteiger partial charge in [-0.3, -0.25) is 9.59 Å². The van der Waals surface area contributed by atoms with Gasteiger partial charge in [0.1, 0.15) is 0 Å². The predicted molar refractivity (Wildman–Crippen MR) is 116 cm³/mol. The van der Waals surface area contributed by atoms with Gasteiger partial charge in [-0.05, 0) is 75.6 Å². The van der Waals surface area contributed by atoms with Crippen molar-refractivity contribution in [3.63, 3.8) is 0 Å². The van der Waals surface area contributed by atoms with Crippen LogP contribution in [-0.4, -0.2) is 46.3 Å². The summed E-state index contributed by atoms with van der Waals surface area (Å²) >= 11 is 0. The summed E-state index contributed by atoms with van der Waals surface area (Å²) in [6.45, 7) is 5.57. The Hall–Kier alpha value is -2.47. The summed E-state index contributed by atoms with van der Waals surface area (Å²) in [5.41, 5.74) is 4.64. The lowest BCUT2D eigenvalue weighted by atomic mass is 9.90. The number of H-pyrrole nitrogens is 1. The Balaban J connectivity index is 1.46. The first-order valence-electron chi connectivity index (χ1n) is 11.1. The minimum absolute atomic E-state index is 0.0535. The highest BCUT2D eigenvalue weighted by Crippen LogP contribution is 2.23. The van der Waals surface area contributed by atoms with Crippen molar-refractivity contribution in [2.24, 2.45) is 0 Å². The number of nitrogens with one attached hydrogen (secondary N) is 1. The zero-order valence-corrected chi connectivity index (χ0v) is 17.9. The molecular weight excluding hydrogens is 378 g/mol. The van der Waals surface area contributed by atoms with Gasteiger partial charge in [-0.2, -0.15) is 5.10 Å². The molecule has 4 rings (SSSR count). The lowest BCUT2D eigenvalue weighted by Crippen LogP contribution is -2.41. The normalized spacial score (nSPS) is 17.2. The molecule has 0 spiro atoms. The van der Waals surface area contributed by atoms with Crippen LogP contribution in [0.3, 0.4) is 0 Å². The monoisotopic (exact) mass is 409 g/mol. The zero-order chi connectivity index (χ0) is 21.1. The molecule has 0 unspecified atom stereocenters. The van der Waals surface area contributed by atoms with Crippen molar-refractivity contribution < 1.29 is 9.53 Å². The first-order chi connectivity index (χ1) is 14.5. The molecule has 2 aromatic rings. The Bertz CT molecular complexity index is 958. The van der Waals surface area contributed by atoms with Gasteiger partial charge in [0.2, 0.25) is 0 Å². The minimum Gasteiger partial charge on any atom is -0.375 e. The summed E-state index contributed by atoms with van der Waals surface area (Å²) in [5.74, 6) is 0.0799. The van der Waals surface area contributed by atoms with Crippen LogP contribution in [0.15, 0.2) is 29.1 Å². The molecular formula is C24H31N3O3. The minimum atomic E-state index is -0.0535. The fraction of sp³-hybridized carbons (Fsp3) is 0.542. The van der Waals surface area contributed by atoms with Crippen molar-refractivity contribution in [2.45, 2.75) is 71.0 Å². The topological polar surface area (TPSA) is 75.3 Å². The third-order valence-corrected chi connectivity index (χ3v) is 6.12. The zero-order valence-electron chi connectivity index (χ0n) is 17.9. The molecule has 2 heterocycles. The van der Waals surface area contributed by atoms with E-state index >= 15 is 0 Å². The molecule has 1 N–H and O–H groups in total. The van der Waals surface area contributed by atoms with E-state index < -0.39 is 0 Å². The largest absolute Gasteiger partial charge is 0.375 e. The number of piperidine rings is 1. The molecule has 2 aliphatic rings. The second-order valence-electron chi connectivity index (χ2n) is 8.72. The third-order valence-electron chi connectivity index (χ3n) is 6.12. The number of benzene rings is 1. The second-order valence-corrected chi connectivity index (χ2v) is 8.72. The smallest absolute Gasteiger partial charge is 0.267 e. The van der Waals surface area contributed by atoms with Crippen molar-refractivity contribution in [2.75, 3.05) is 13.1 Å². The molecule has 1 aromatic heterocycles. The number of aromatic amines is 1. The van der Waals surface area contributed by atoms with E-state index in [4.69, 9.17) is 4.74 Å². The summed E-state index contributed by atoms with van der Waals surface area (Å²) in [5, 5.41) is 7.00. The molecule has 1 fully saturated rings. The fourth-order valence-electron chi connectivity index (χ4n) is 4.64. The van der Waals surface area contributed by atoms with Gasteiger partial charge in [-0.15, -0.1) is 0 Å². The molecule has 6 nitrogen and oxygen atoms in total. The van der Waals surface area contributed by atoms with E-state index in [2.05, 4.69) is 24.0 Å². The Kier molecular flexibility index (Phi) is 6.32. The summed E-state index contributed by atoms with van der Waals surface area (Å²) in [4.78, 5) is 27.1. The predicted octanol–water partition coefficient (Wildman–Crippen LogP) is 3.27. The highest BCUT2D eigenvalue weighted by molar-refractivity contribution is 5.94. The first-order valence-corrected chi connectivity index (χ1v) is 11.1. The molecule has 1 aliphatic carbocycles. The van der Waals surface area contributed by atoms with E-state index in [0.717, 1.165) is 74.0 Å². The molecule has 30 heavy (non-hydrogen) atoms. The number of hydrogen-bond donors (Lipinski definition) is 1. The molecule has 6 heteroatoms. The molecule has 0 saturated carbocycles. The Morgan fingerprint density at radius 1 is 1.20 bits per heavy atom. The molecule has 1 aliphatic heterocycles. The van der Waals surface area contributed by atoms with Crippen molar-refractivity contribution in [3.8, 4) is 0 Å². The lowest BCUT2D eigenvalue weighted by Gasteiger charge is -2.33. The maximum atomic E-state index is 13.0. The standard InChI is InChI=1S/C24H31N3O3/c1-16(2)30-19-10-12-27(13-11-19)24(29)18-7-5-6-17(14-18)15-22-20-8-3-4-9-21(20)23(28)26-25-22/h5-7,14,16,19H,3-4,8-13,15H2,1-2H3,(H,26,28). The molecule has 160 valence electrons. The fourth-order valence-corrected chi connectivity index (χ4v) is 4.64. The molecule has 1 amide bonds. The van der Waals surface area contributed by atoms with E-state index in [1.807, 2.05) is 29.2 Å². The average molecular weight is 410 g/mol. The van der Waals surface area contributed by atoms with Crippen molar-refractivity contribution >= 4 is 5.91 Å². The van der Waals surface area contributed by atoms with Crippen LogP contribution in [0, 0.1) is 0 Å². The van der Waals surface area contributed by atoms with Gasteiger partial charge in [0, 0.05) is 30.6 Å². The number of ether oxygens (including phenoxy) is 1. The number of carbonyl (C=O) groups excluding carboxylic acids is 1. The molecule has 0 radical (unpaired) electrons. The maximum Gasteiger partial charge on any atom is 0.267 e. The van der Waals surface area contributed by atoms with Crippen LogP contribution in [0.4, 0.5) is 0 Å². The molecule has 1 aromatic carbocycles. The van der Waals surface area contributed by atoms with Gasteiger partial charge in [-0.1, -0.05) is 12.1 Å². The number of rotatable bonds is 5. The summed E-state index contributed by atoms with van der Waals surface area (Å²) in [7, 11) is 0. The molecule has 1 saturated heterocycles. The molecule has 0 atom stereocenters. The van der Waals surface area contributed by atoms with Crippen LogP contribution < -0.4 is 5.56 Å². The number of likely N-dealkylation sites (tertiary alicyclic amines) is 1. The maximum absolute atomic E-state index is 13.0. The quantitative estimate of drug-likeness (QED) is 0.822. The number of nitrogens with zero attached hydrogens (tertiary/aromatic N) is 2. The van der Waals surface area contributed by atoms with Gasteiger partial charge >= 0.3 is 0 Å². The molecule has 0 bridgehead atoms. The van der Waals surface area contributed by atoms with E-state index in [9.17, 15) is 9.59 Å². The van der Waals surface area contributed by atoms with Crippen LogP contribution in [0.5, 0.6) is 0 Å². The summed E-state index contributed by atoms with van der Waals surface area (Å²) < 4.78 is 5.89. The third kappa shape index (κ3) is 4.64. The van der Waals surface area contributed by atoms with E-state index in [-0.39, 0.29) is 23.7 Å². The van der Waals surface area contributed by atoms with Crippen molar-refractivity contribution in [3.05, 3.63) is 62.6 Å². The first kappa shape index (κ1) is 20.8. The summed E-state index contributed by atoms with van der Waals surface area (Å²) in [6.07, 6.45) is 6.77. The average Bonchev–Trinajstić information content (AvgIpc) is 2.76. The summed E-state index contributed by atoms with van der Waals surface area (Å²) in [6, 6.07) is 7.83. The highest BCUT2D eigenvalue weighted by atomic mass is 16.5. The Labute approximate surface area is 177 Å². The van der Waals surface area contributed by atoms with Crippen molar-refractivity contribution in [1.82, 2.24) is 15.1 Å². The van der Waals surface area contributed by atoms with Gasteiger partial charge < -0.3 is 9.64 Å². The van der Waals surface area contributed by atoms with E-state index in [0.29, 0.717) is 12.0 Å². The van der Waals surface area contributed by atoms with E-state index in [1.165, 1.54) is 0 Å².